The maximum absolute atomic E-state index is 5.48. The van der Waals surface area contributed by atoms with E-state index in [9.17, 15) is 0 Å². The van der Waals surface area contributed by atoms with Crippen LogP contribution in [0.25, 0.3) is 0 Å². The summed E-state index contributed by atoms with van der Waals surface area (Å²) in [6.07, 6.45) is 0.872. The minimum Gasteiger partial charge on any atom is -0.332 e. The molecule has 3 heteroatoms. The molecule has 0 aliphatic heterocycles. The summed E-state index contributed by atoms with van der Waals surface area (Å²) in [5.41, 5.74) is 5.73. The monoisotopic (exact) mass is 332 g/mol. The SMILES string of the molecule is Cc1ccccc1NC(=S)Nc1ccccc1Cc1ccccc1. The Balaban J connectivity index is 1.73. The molecule has 3 rings (SSSR count). The zero-order valence-corrected chi connectivity index (χ0v) is 14.4. The highest BCUT2D eigenvalue weighted by molar-refractivity contribution is 7.80. The van der Waals surface area contributed by atoms with Gasteiger partial charge in [-0.15, -0.1) is 0 Å². The van der Waals surface area contributed by atoms with Gasteiger partial charge in [-0.05, 0) is 54.4 Å². The second-order valence-corrected chi connectivity index (χ2v) is 6.12. The van der Waals surface area contributed by atoms with Gasteiger partial charge in [0.05, 0.1) is 0 Å². The molecule has 0 saturated carbocycles. The van der Waals surface area contributed by atoms with Gasteiger partial charge in [0.2, 0.25) is 0 Å². The van der Waals surface area contributed by atoms with Gasteiger partial charge in [-0.3, -0.25) is 0 Å². The number of thiocarbonyl (C=S) groups is 1. The summed E-state index contributed by atoms with van der Waals surface area (Å²) in [6, 6.07) is 26.8. The van der Waals surface area contributed by atoms with Crippen molar-refractivity contribution in [2.24, 2.45) is 0 Å². The molecule has 3 aromatic carbocycles. The van der Waals surface area contributed by atoms with Crippen LogP contribution in [-0.2, 0) is 6.42 Å². The van der Waals surface area contributed by atoms with Crippen molar-refractivity contribution in [3.05, 3.63) is 95.6 Å². The predicted octanol–water partition coefficient (Wildman–Crippen LogP) is 5.39. The molecule has 0 heterocycles. The fraction of sp³-hybridized carbons (Fsp3) is 0.0952. The van der Waals surface area contributed by atoms with Crippen molar-refractivity contribution >= 4 is 28.7 Å². The minimum absolute atomic E-state index is 0.602. The molecule has 2 N–H and O–H groups in total. The largest absolute Gasteiger partial charge is 0.332 e. The van der Waals surface area contributed by atoms with Crippen LogP contribution in [0.4, 0.5) is 11.4 Å². The Labute approximate surface area is 148 Å². The summed E-state index contributed by atoms with van der Waals surface area (Å²) < 4.78 is 0. The van der Waals surface area contributed by atoms with E-state index >= 15 is 0 Å². The van der Waals surface area contributed by atoms with Crippen LogP contribution in [0.1, 0.15) is 16.7 Å². The molecule has 24 heavy (non-hydrogen) atoms. The Hall–Kier alpha value is -2.65. The summed E-state index contributed by atoms with van der Waals surface area (Å²) in [4.78, 5) is 0. The quantitative estimate of drug-likeness (QED) is 0.626. The van der Waals surface area contributed by atoms with E-state index in [2.05, 4.69) is 66.1 Å². The zero-order chi connectivity index (χ0) is 16.8. The summed E-state index contributed by atoms with van der Waals surface area (Å²) in [7, 11) is 0. The molecule has 0 amide bonds. The van der Waals surface area contributed by atoms with Crippen molar-refractivity contribution in [3.8, 4) is 0 Å². The first-order valence-electron chi connectivity index (χ1n) is 7.98. The Bertz CT molecular complexity index is 828. The molecule has 120 valence electrons. The fourth-order valence-corrected chi connectivity index (χ4v) is 2.82. The molecule has 0 atom stereocenters. The second kappa shape index (κ2) is 7.75. The van der Waals surface area contributed by atoms with Crippen LogP contribution in [0.2, 0.25) is 0 Å². The average Bonchev–Trinajstić information content (AvgIpc) is 2.60. The van der Waals surface area contributed by atoms with E-state index in [1.165, 1.54) is 16.7 Å². The molecule has 0 bridgehead atoms. The van der Waals surface area contributed by atoms with E-state index in [4.69, 9.17) is 12.2 Å². The fourth-order valence-electron chi connectivity index (χ4n) is 2.60. The highest BCUT2D eigenvalue weighted by Crippen LogP contribution is 2.20. The lowest BCUT2D eigenvalue weighted by Gasteiger charge is -2.15. The lowest BCUT2D eigenvalue weighted by Crippen LogP contribution is -2.20. The predicted molar refractivity (Wildman–Crippen MR) is 107 cm³/mol. The van der Waals surface area contributed by atoms with Gasteiger partial charge < -0.3 is 10.6 Å². The molecule has 0 aliphatic carbocycles. The Morgan fingerprint density at radius 1 is 0.750 bits per heavy atom. The van der Waals surface area contributed by atoms with Gasteiger partial charge in [0.1, 0.15) is 0 Å². The third-order valence-electron chi connectivity index (χ3n) is 3.90. The molecule has 0 aromatic heterocycles. The maximum Gasteiger partial charge on any atom is 0.175 e. The Morgan fingerprint density at radius 2 is 1.33 bits per heavy atom. The third-order valence-corrected chi connectivity index (χ3v) is 4.10. The van der Waals surface area contributed by atoms with Crippen LogP contribution in [0.15, 0.2) is 78.9 Å². The van der Waals surface area contributed by atoms with Gasteiger partial charge in [-0.25, -0.2) is 0 Å². The van der Waals surface area contributed by atoms with Gasteiger partial charge in [0, 0.05) is 11.4 Å². The molecule has 0 fully saturated rings. The Morgan fingerprint density at radius 3 is 2.08 bits per heavy atom. The molecule has 3 aromatic rings. The van der Waals surface area contributed by atoms with E-state index in [1.807, 2.05) is 30.3 Å². The number of benzene rings is 3. The standard InChI is InChI=1S/C21H20N2S/c1-16-9-5-7-13-19(16)22-21(24)23-20-14-8-6-12-18(20)15-17-10-3-2-4-11-17/h2-14H,15H2,1H3,(H2,22,23,24). The van der Waals surface area contributed by atoms with Crippen LogP contribution in [0.5, 0.6) is 0 Å². The third kappa shape index (κ3) is 4.21. The number of anilines is 2. The van der Waals surface area contributed by atoms with Crippen molar-refractivity contribution in [3.63, 3.8) is 0 Å². The topological polar surface area (TPSA) is 24.1 Å². The lowest BCUT2D eigenvalue weighted by molar-refractivity contribution is 1.19. The molecular formula is C21H20N2S. The first-order valence-corrected chi connectivity index (χ1v) is 8.38. The normalized spacial score (nSPS) is 10.2. The van der Waals surface area contributed by atoms with Crippen LogP contribution >= 0.6 is 12.2 Å². The molecule has 0 spiro atoms. The number of rotatable bonds is 4. The highest BCUT2D eigenvalue weighted by atomic mass is 32.1. The van der Waals surface area contributed by atoms with Gasteiger partial charge in [-0.1, -0.05) is 66.7 Å². The number of hydrogen-bond donors (Lipinski definition) is 2. The van der Waals surface area contributed by atoms with Crippen molar-refractivity contribution in [1.29, 1.82) is 0 Å². The summed E-state index contributed by atoms with van der Waals surface area (Å²) in [6.45, 7) is 2.06. The van der Waals surface area contributed by atoms with E-state index in [0.717, 1.165) is 17.8 Å². The molecule has 2 nitrogen and oxygen atoms in total. The Kier molecular flexibility index (Phi) is 5.24. The average molecular weight is 332 g/mol. The number of para-hydroxylation sites is 2. The van der Waals surface area contributed by atoms with E-state index in [-0.39, 0.29) is 0 Å². The van der Waals surface area contributed by atoms with Gasteiger partial charge in [-0.2, -0.15) is 0 Å². The first-order chi connectivity index (χ1) is 11.7. The van der Waals surface area contributed by atoms with Crippen molar-refractivity contribution < 1.29 is 0 Å². The van der Waals surface area contributed by atoms with Crippen LogP contribution in [0.3, 0.4) is 0 Å². The van der Waals surface area contributed by atoms with E-state index in [0.29, 0.717) is 5.11 Å². The van der Waals surface area contributed by atoms with E-state index in [1.54, 1.807) is 0 Å². The number of hydrogen-bond acceptors (Lipinski definition) is 1. The molecule has 0 aliphatic rings. The summed E-state index contributed by atoms with van der Waals surface area (Å²) in [5.74, 6) is 0. The van der Waals surface area contributed by atoms with Gasteiger partial charge >= 0.3 is 0 Å². The van der Waals surface area contributed by atoms with Gasteiger partial charge in [0.15, 0.2) is 5.11 Å². The van der Waals surface area contributed by atoms with Crippen molar-refractivity contribution in [1.82, 2.24) is 0 Å². The molecule has 0 saturated heterocycles. The van der Waals surface area contributed by atoms with Gasteiger partial charge in [0.25, 0.3) is 0 Å². The highest BCUT2D eigenvalue weighted by Gasteiger charge is 2.06. The summed E-state index contributed by atoms with van der Waals surface area (Å²) >= 11 is 5.48. The molecule has 0 unspecified atom stereocenters. The second-order valence-electron chi connectivity index (χ2n) is 5.71. The smallest absolute Gasteiger partial charge is 0.175 e. The zero-order valence-electron chi connectivity index (χ0n) is 13.6. The maximum atomic E-state index is 5.48. The van der Waals surface area contributed by atoms with Crippen LogP contribution in [-0.4, -0.2) is 5.11 Å². The minimum atomic E-state index is 0.602. The number of nitrogens with one attached hydrogen (secondary N) is 2. The first kappa shape index (κ1) is 16.2. The molecular weight excluding hydrogens is 312 g/mol. The van der Waals surface area contributed by atoms with Crippen molar-refractivity contribution in [2.45, 2.75) is 13.3 Å². The number of aryl methyl sites for hydroxylation is 1. The van der Waals surface area contributed by atoms with E-state index < -0.39 is 0 Å². The summed E-state index contributed by atoms with van der Waals surface area (Å²) in [5, 5.41) is 7.20. The lowest BCUT2D eigenvalue weighted by atomic mass is 10.0. The van der Waals surface area contributed by atoms with Crippen molar-refractivity contribution in [2.75, 3.05) is 10.6 Å². The van der Waals surface area contributed by atoms with Crippen LogP contribution < -0.4 is 10.6 Å². The van der Waals surface area contributed by atoms with Crippen LogP contribution in [0, 0.1) is 6.92 Å². The molecule has 0 radical (unpaired) electrons.